The minimum Gasteiger partial charge on any atom is -0.179 e. The van der Waals surface area contributed by atoms with E-state index >= 15 is 0 Å². The smallest absolute Gasteiger partial charge is 0.0101 e. The molecule has 0 nitrogen and oxygen atoms in total. The second-order valence-electron chi connectivity index (χ2n) is 6.31. The van der Waals surface area contributed by atoms with Crippen LogP contribution in [0.3, 0.4) is 0 Å². The Morgan fingerprint density at radius 2 is 1.69 bits per heavy atom. The lowest BCUT2D eigenvalue weighted by molar-refractivity contribution is 0.188. The van der Waals surface area contributed by atoms with Crippen LogP contribution in [0.4, 0.5) is 0 Å². The zero-order valence-corrected chi connectivity index (χ0v) is 12.9. The van der Waals surface area contributed by atoms with E-state index in [1.54, 1.807) is 0 Å². The highest BCUT2D eigenvalue weighted by Gasteiger charge is 2.31. The first kappa shape index (κ1) is 14.8. The monoisotopic (exact) mass is 260 g/mol. The highest BCUT2D eigenvalue weighted by molar-refractivity contribution is 7.81. The number of hydrogen-bond acceptors (Lipinski definition) is 2. The number of rotatable bonds is 1. The highest BCUT2D eigenvalue weighted by atomic mass is 32.1. The number of thiol groups is 2. The van der Waals surface area contributed by atoms with E-state index in [1.165, 1.54) is 44.9 Å². The zero-order chi connectivity index (χ0) is 12.2. The SMILES string of the molecule is CC1CCCCC(C)(S)CCCC1(C)CS. The minimum absolute atomic E-state index is 0.262. The Labute approximate surface area is 113 Å². The van der Waals surface area contributed by atoms with Gasteiger partial charge in [-0.15, -0.1) is 0 Å². The van der Waals surface area contributed by atoms with Gasteiger partial charge < -0.3 is 0 Å². The third-order valence-corrected chi connectivity index (χ3v) is 5.79. The molecular weight excluding hydrogens is 232 g/mol. The van der Waals surface area contributed by atoms with Gasteiger partial charge in [-0.1, -0.05) is 46.5 Å². The lowest BCUT2D eigenvalue weighted by Crippen LogP contribution is -2.29. The minimum atomic E-state index is 0.262. The van der Waals surface area contributed by atoms with Crippen LogP contribution >= 0.6 is 25.3 Å². The zero-order valence-electron chi connectivity index (χ0n) is 11.1. The van der Waals surface area contributed by atoms with Gasteiger partial charge in [0.05, 0.1) is 0 Å². The molecule has 0 amide bonds. The van der Waals surface area contributed by atoms with E-state index in [0.29, 0.717) is 5.41 Å². The lowest BCUT2D eigenvalue weighted by Gasteiger charge is -2.37. The van der Waals surface area contributed by atoms with Crippen molar-refractivity contribution >= 4 is 25.3 Å². The van der Waals surface area contributed by atoms with Crippen LogP contribution in [-0.4, -0.2) is 10.5 Å². The van der Waals surface area contributed by atoms with Gasteiger partial charge in [0.1, 0.15) is 0 Å². The van der Waals surface area contributed by atoms with Gasteiger partial charge in [0.25, 0.3) is 0 Å². The quantitative estimate of drug-likeness (QED) is 0.610. The summed E-state index contributed by atoms with van der Waals surface area (Å²) >= 11 is 9.38. The molecule has 16 heavy (non-hydrogen) atoms. The van der Waals surface area contributed by atoms with Crippen LogP contribution in [0.2, 0.25) is 0 Å². The summed E-state index contributed by atoms with van der Waals surface area (Å²) in [5.41, 5.74) is 0.435. The molecule has 0 radical (unpaired) electrons. The fourth-order valence-corrected chi connectivity index (χ4v) is 3.57. The van der Waals surface area contributed by atoms with Crippen molar-refractivity contribution in [3.8, 4) is 0 Å². The normalized spacial score (nSPS) is 42.9. The molecule has 0 heterocycles. The van der Waals surface area contributed by atoms with Gasteiger partial charge >= 0.3 is 0 Å². The van der Waals surface area contributed by atoms with Crippen molar-refractivity contribution in [2.45, 2.75) is 70.5 Å². The second-order valence-corrected chi connectivity index (χ2v) is 7.71. The van der Waals surface area contributed by atoms with Crippen molar-refractivity contribution < 1.29 is 0 Å². The average molecular weight is 261 g/mol. The fourth-order valence-electron chi connectivity index (χ4n) is 2.78. The molecule has 2 heteroatoms. The molecule has 1 aliphatic rings. The van der Waals surface area contributed by atoms with E-state index in [-0.39, 0.29) is 4.75 Å². The van der Waals surface area contributed by atoms with Gasteiger partial charge in [0.2, 0.25) is 0 Å². The first-order chi connectivity index (χ1) is 7.40. The van der Waals surface area contributed by atoms with Crippen LogP contribution in [0.5, 0.6) is 0 Å². The van der Waals surface area contributed by atoms with Gasteiger partial charge in [-0.3, -0.25) is 0 Å². The van der Waals surface area contributed by atoms with Gasteiger partial charge in [-0.05, 0) is 36.3 Å². The van der Waals surface area contributed by atoms with Crippen LogP contribution in [0.25, 0.3) is 0 Å². The van der Waals surface area contributed by atoms with E-state index in [0.717, 1.165) is 11.7 Å². The molecule has 0 aliphatic heterocycles. The molecule has 3 unspecified atom stereocenters. The predicted octanol–water partition coefficient (Wildman–Crippen LogP) is 4.99. The average Bonchev–Trinajstić information content (AvgIpc) is 2.22. The van der Waals surface area contributed by atoms with Crippen molar-refractivity contribution in [3.63, 3.8) is 0 Å². The lowest BCUT2D eigenvalue weighted by atomic mass is 9.72. The van der Waals surface area contributed by atoms with Crippen molar-refractivity contribution in [2.24, 2.45) is 11.3 Å². The molecule has 1 rings (SSSR count). The summed E-state index contributed by atoms with van der Waals surface area (Å²) in [4.78, 5) is 0. The first-order valence-corrected chi connectivity index (χ1v) is 7.81. The first-order valence-electron chi connectivity index (χ1n) is 6.73. The van der Waals surface area contributed by atoms with Crippen LogP contribution in [0.1, 0.15) is 65.7 Å². The highest BCUT2D eigenvalue weighted by Crippen LogP contribution is 2.40. The standard InChI is InChI=1S/C14H28S2/c1-12-7-4-5-9-14(3,16)10-6-8-13(12,2)11-15/h12,15-16H,4-11H2,1-3H3. The molecule has 0 aromatic heterocycles. The van der Waals surface area contributed by atoms with E-state index in [2.05, 4.69) is 33.4 Å². The largest absolute Gasteiger partial charge is 0.179 e. The Morgan fingerprint density at radius 3 is 2.31 bits per heavy atom. The molecule has 0 N–H and O–H groups in total. The molecule has 1 fully saturated rings. The third kappa shape index (κ3) is 4.18. The Morgan fingerprint density at radius 1 is 1.06 bits per heavy atom. The summed E-state index contributed by atoms with van der Waals surface area (Å²) in [6, 6.07) is 0. The summed E-state index contributed by atoms with van der Waals surface area (Å²) in [6.07, 6.45) is 9.22. The Bertz CT molecular complexity index is 213. The molecule has 0 aromatic rings. The summed E-state index contributed by atoms with van der Waals surface area (Å²) in [5, 5.41) is 0. The maximum absolute atomic E-state index is 4.81. The Kier molecular flexibility index (Phi) is 5.57. The van der Waals surface area contributed by atoms with Crippen molar-refractivity contribution in [2.75, 3.05) is 5.75 Å². The molecule has 0 spiro atoms. The van der Waals surface area contributed by atoms with Crippen LogP contribution < -0.4 is 0 Å². The molecular formula is C14H28S2. The van der Waals surface area contributed by atoms with Crippen LogP contribution in [0, 0.1) is 11.3 Å². The van der Waals surface area contributed by atoms with Crippen molar-refractivity contribution in [1.29, 1.82) is 0 Å². The van der Waals surface area contributed by atoms with E-state index in [9.17, 15) is 0 Å². The maximum Gasteiger partial charge on any atom is 0.0101 e. The topological polar surface area (TPSA) is 0 Å². The van der Waals surface area contributed by atoms with Gasteiger partial charge in [-0.25, -0.2) is 0 Å². The van der Waals surface area contributed by atoms with Gasteiger partial charge in [0.15, 0.2) is 0 Å². The molecule has 0 aromatic carbocycles. The van der Waals surface area contributed by atoms with E-state index < -0.39 is 0 Å². The van der Waals surface area contributed by atoms with Crippen LogP contribution in [-0.2, 0) is 0 Å². The summed E-state index contributed by atoms with van der Waals surface area (Å²) in [6.45, 7) is 7.14. The molecule has 0 bridgehead atoms. The molecule has 0 saturated heterocycles. The Hall–Kier alpha value is 0.700. The third-order valence-electron chi connectivity index (χ3n) is 4.62. The Balaban J connectivity index is 2.63. The van der Waals surface area contributed by atoms with Gasteiger partial charge in [0, 0.05) is 4.75 Å². The predicted molar refractivity (Wildman–Crippen MR) is 80.8 cm³/mol. The van der Waals surface area contributed by atoms with E-state index in [4.69, 9.17) is 12.6 Å². The number of hydrogen-bond donors (Lipinski definition) is 2. The maximum atomic E-state index is 4.81. The summed E-state index contributed by atoms with van der Waals surface area (Å²) in [5.74, 6) is 1.84. The summed E-state index contributed by atoms with van der Waals surface area (Å²) in [7, 11) is 0. The van der Waals surface area contributed by atoms with Crippen molar-refractivity contribution in [1.82, 2.24) is 0 Å². The van der Waals surface area contributed by atoms with E-state index in [1.807, 2.05) is 0 Å². The molecule has 1 saturated carbocycles. The fraction of sp³-hybridized carbons (Fsp3) is 1.00. The van der Waals surface area contributed by atoms with Gasteiger partial charge in [-0.2, -0.15) is 25.3 Å². The molecule has 96 valence electrons. The molecule has 1 aliphatic carbocycles. The van der Waals surface area contributed by atoms with Crippen molar-refractivity contribution in [3.05, 3.63) is 0 Å². The molecule has 3 atom stereocenters. The summed E-state index contributed by atoms with van der Waals surface area (Å²) < 4.78 is 0.262. The van der Waals surface area contributed by atoms with Crippen LogP contribution in [0.15, 0.2) is 0 Å². The second kappa shape index (κ2) is 6.04.